The number of para-hydroxylation sites is 1. The number of rotatable bonds is 5. The van der Waals surface area contributed by atoms with Crippen LogP contribution in [0, 0.1) is 6.92 Å². The number of aromatic nitrogens is 1. The Balaban J connectivity index is 2.12. The second-order valence-electron chi connectivity index (χ2n) is 4.92. The number of hydrogen-bond donors (Lipinski definition) is 1. The van der Waals surface area contributed by atoms with E-state index in [4.69, 9.17) is 0 Å². The second-order valence-corrected chi connectivity index (χ2v) is 4.92. The molecule has 1 heterocycles. The zero-order valence-electron chi connectivity index (χ0n) is 11.4. The van der Waals surface area contributed by atoms with Gasteiger partial charge in [0.1, 0.15) is 0 Å². The van der Waals surface area contributed by atoms with Crippen LogP contribution in [0.25, 0.3) is 10.9 Å². The average Bonchev–Trinajstić information content (AvgIpc) is 2.34. The third-order valence-corrected chi connectivity index (χ3v) is 2.98. The molecule has 1 aromatic carbocycles. The van der Waals surface area contributed by atoms with Crippen molar-refractivity contribution in [3.8, 4) is 0 Å². The Labute approximate surface area is 109 Å². The van der Waals surface area contributed by atoms with Gasteiger partial charge >= 0.3 is 0 Å². The molecule has 0 atom stereocenters. The number of benzene rings is 1. The lowest BCUT2D eigenvalue weighted by Gasteiger charge is -2.12. The maximum atomic E-state index is 4.56. The summed E-state index contributed by atoms with van der Waals surface area (Å²) in [5.41, 5.74) is 3.50. The summed E-state index contributed by atoms with van der Waals surface area (Å²) in [6, 6.07) is 10.5. The van der Waals surface area contributed by atoms with Crippen LogP contribution in [0.3, 0.4) is 0 Å². The van der Waals surface area contributed by atoms with Gasteiger partial charge in [-0.3, -0.25) is 4.98 Å². The Morgan fingerprint density at radius 3 is 2.78 bits per heavy atom. The van der Waals surface area contributed by atoms with E-state index in [1.807, 2.05) is 6.07 Å². The van der Waals surface area contributed by atoms with Crippen molar-refractivity contribution < 1.29 is 0 Å². The summed E-state index contributed by atoms with van der Waals surface area (Å²) in [5, 5.41) is 4.73. The third-order valence-electron chi connectivity index (χ3n) is 2.98. The highest BCUT2D eigenvalue weighted by Gasteiger charge is 2.03. The minimum Gasteiger partial charge on any atom is -0.311 e. The SMILES string of the molecule is Cc1cc(CNCCN(C)C)c2ccccc2n1. The van der Waals surface area contributed by atoms with Gasteiger partial charge in [-0.05, 0) is 38.7 Å². The first-order valence-electron chi connectivity index (χ1n) is 6.37. The quantitative estimate of drug-likeness (QED) is 0.816. The lowest BCUT2D eigenvalue weighted by atomic mass is 10.1. The molecule has 3 heteroatoms. The predicted molar refractivity (Wildman–Crippen MR) is 76.7 cm³/mol. The molecule has 3 nitrogen and oxygen atoms in total. The fourth-order valence-electron chi connectivity index (χ4n) is 2.07. The van der Waals surface area contributed by atoms with Crippen molar-refractivity contribution in [2.24, 2.45) is 0 Å². The normalized spacial score (nSPS) is 11.3. The van der Waals surface area contributed by atoms with Crippen LogP contribution >= 0.6 is 0 Å². The molecular weight excluding hydrogens is 222 g/mol. The topological polar surface area (TPSA) is 28.2 Å². The molecule has 0 aliphatic carbocycles. The van der Waals surface area contributed by atoms with E-state index in [-0.39, 0.29) is 0 Å². The van der Waals surface area contributed by atoms with Gasteiger partial charge in [-0.15, -0.1) is 0 Å². The summed E-state index contributed by atoms with van der Waals surface area (Å²) in [5.74, 6) is 0. The lowest BCUT2D eigenvalue weighted by Crippen LogP contribution is -2.26. The van der Waals surface area contributed by atoms with E-state index in [2.05, 4.69) is 60.5 Å². The van der Waals surface area contributed by atoms with Crippen LogP contribution in [0.5, 0.6) is 0 Å². The van der Waals surface area contributed by atoms with Crippen LogP contribution in [0.1, 0.15) is 11.3 Å². The molecule has 1 aromatic heterocycles. The largest absolute Gasteiger partial charge is 0.311 e. The summed E-state index contributed by atoms with van der Waals surface area (Å²) < 4.78 is 0. The minimum atomic E-state index is 0.901. The summed E-state index contributed by atoms with van der Waals surface area (Å²) >= 11 is 0. The number of pyridine rings is 1. The molecular formula is C15H21N3. The van der Waals surface area contributed by atoms with E-state index in [1.54, 1.807) is 0 Å². The highest BCUT2D eigenvalue weighted by Crippen LogP contribution is 2.17. The molecule has 96 valence electrons. The molecule has 0 unspecified atom stereocenters. The second kappa shape index (κ2) is 5.94. The summed E-state index contributed by atoms with van der Waals surface area (Å²) in [6.07, 6.45) is 0. The van der Waals surface area contributed by atoms with Crippen LogP contribution in [-0.2, 0) is 6.54 Å². The van der Waals surface area contributed by atoms with Gasteiger partial charge in [0.25, 0.3) is 0 Å². The molecule has 0 saturated heterocycles. The Morgan fingerprint density at radius 2 is 2.00 bits per heavy atom. The molecule has 2 rings (SSSR count). The first kappa shape index (κ1) is 13.0. The van der Waals surface area contributed by atoms with E-state index in [0.717, 1.165) is 30.8 Å². The Hall–Kier alpha value is -1.45. The molecule has 0 radical (unpaired) electrons. The third kappa shape index (κ3) is 3.28. The van der Waals surface area contributed by atoms with E-state index in [0.29, 0.717) is 0 Å². The highest BCUT2D eigenvalue weighted by atomic mass is 15.1. The number of nitrogens with one attached hydrogen (secondary N) is 1. The number of nitrogens with zero attached hydrogens (tertiary/aromatic N) is 2. The highest BCUT2D eigenvalue weighted by molar-refractivity contribution is 5.82. The molecule has 0 bridgehead atoms. The van der Waals surface area contributed by atoms with Crippen molar-refractivity contribution in [2.75, 3.05) is 27.2 Å². The molecule has 0 aliphatic heterocycles. The zero-order chi connectivity index (χ0) is 13.0. The van der Waals surface area contributed by atoms with E-state index in [1.165, 1.54) is 10.9 Å². The summed E-state index contributed by atoms with van der Waals surface area (Å²) in [4.78, 5) is 6.74. The Kier molecular flexibility index (Phi) is 4.28. The van der Waals surface area contributed by atoms with Crippen LogP contribution < -0.4 is 5.32 Å². The maximum Gasteiger partial charge on any atom is 0.0708 e. The van der Waals surface area contributed by atoms with Crippen LogP contribution in [0.15, 0.2) is 30.3 Å². The van der Waals surface area contributed by atoms with Gasteiger partial charge in [0.2, 0.25) is 0 Å². The van der Waals surface area contributed by atoms with E-state index < -0.39 is 0 Å². The molecule has 0 amide bonds. The van der Waals surface area contributed by atoms with Gasteiger partial charge in [0, 0.05) is 30.7 Å². The van der Waals surface area contributed by atoms with Crippen molar-refractivity contribution >= 4 is 10.9 Å². The number of fused-ring (bicyclic) bond motifs is 1. The minimum absolute atomic E-state index is 0.901. The Morgan fingerprint density at radius 1 is 1.22 bits per heavy atom. The monoisotopic (exact) mass is 243 g/mol. The van der Waals surface area contributed by atoms with Crippen LogP contribution in [-0.4, -0.2) is 37.1 Å². The molecule has 1 N–H and O–H groups in total. The standard InChI is InChI=1S/C15H21N3/c1-12-10-13(11-16-8-9-18(2)3)14-6-4-5-7-15(14)17-12/h4-7,10,16H,8-9,11H2,1-3H3. The zero-order valence-corrected chi connectivity index (χ0v) is 11.4. The van der Waals surface area contributed by atoms with Crippen molar-refractivity contribution in [2.45, 2.75) is 13.5 Å². The fraction of sp³-hybridized carbons (Fsp3) is 0.400. The van der Waals surface area contributed by atoms with Gasteiger partial charge in [0.05, 0.1) is 5.52 Å². The van der Waals surface area contributed by atoms with E-state index in [9.17, 15) is 0 Å². The average molecular weight is 243 g/mol. The van der Waals surface area contributed by atoms with Crippen molar-refractivity contribution in [1.29, 1.82) is 0 Å². The molecule has 0 spiro atoms. The Bertz CT molecular complexity index is 520. The number of likely N-dealkylation sites (N-methyl/N-ethyl adjacent to an activating group) is 1. The van der Waals surface area contributed by atoms with Gasteiger partial charge in [-0.25, -0.2) is 0 Å². The van der Waals surface area contributed by atoms with Crippen LogP contribution in [0.2, 0.25) is 0 Å². The van der Waals surface area contributed by atoms with Crippen LogP contribution in [0.4, 0.5) is 0 Å². The number of aryl methyl sites for hydroxylation is 1. The lowest BCUT2D eigenvalue weighted by molar-refractivity contribution is 0.400. The number of hydrogen-bond acceptors (Lipinski definition) is 3. The molecule has 0 aliphatic rings. The van der Waals surface area contributed by atoms with Gasteiger partial charge in [-0.2, -0.15) is 0 Å². The van der Waals surface area contributed by atoms with Gasteiger partial charge < -0.3 is 10.2 Å². The summed E-state index contributed by atoms with van der Waals surface area (Å²) in [7, 11) is 4.18. The summed E-state index contributed by atoms with van der Waals surface area (Å²) in [6.45, 7) is 5.01. The molecule has 18 heavy (non-hydrogen) atoms. The first-order chi connectivity index (χ1) is 8.66. The van der Waals surface area contributed by atoms with Gasteiger partial charge in [0.15, 0.2) is 0 Å². The van der Waals surface area contributed by atoms with Crippen molar-refractivity contribution in [1.82, 2.24) is 15.2 Å². The molecule has 2 aromatic rings. The van der Waals surface area contributed by atoms with Crippen molar-refractivity contribution in [3.05, 3.63) is 41.6 Å². The van der Waals surface area contributed by atoms with Crippen molar-refractivity contribution in [3.63, 3.8) is 0 Å². The smallest absolute Gasteiger partial charge is 0.0708 e. The van der Waals surface area contributed by atoms with E-state index >= 15 is 0 Å². The fourth-order valence-corrected chi connectivity index (χ4v) is 2.07. The predicted octanol–water partition coefficient (Wildman–Crippen LogP) is 2.19. The first-order valence-corrected chi connectivity index (χ1v) is 6.37. The van der Waals surface area contributed by atoms with Gasteiger partial charge in [-0.1, -0.05) is 18.2 Å². The maximum absolute atomic E-state index is 4.56. The molecule has 0 saturated carbocycles. The molecule has 0 fully saturated rings.